The van der Waals surface area contributed by atoms with Crippen LogP contribution in [0.5, 0.6) is 0 Å². The van der Waals surface area contributed by atoms with Gasteiger partial charge < -0.3 is 10.4 Å². The molecule has 0 aliphatic heterocycles. The van der Waals surface area contributed by atoms with Crippen LogP contribution in [0.2, 0.25) is 5.28 Å². The van der Waals surface area contributed by atoms with Crippen molar-refractivity contribution in [3.8, 4) is 0 Å². The van der Waals surface area contributed by atoms with Crippen molar-refractivity contribution in [3.05, 3.63) is 16.2 Å². The Morgan fingerprint density at radius 3 is 2.94 bits per heavy atom. The van der Waals surface area contributed by atoms with Crippen molar-refractivity contribution in [1.82, 2.24) is 9.97 Å². The smallest absolute Gasteiger partial charge is 0.225 e. The largest absolute Gasteiger partial charge is 0.396 e. The Balaban J connectivity index is 2.21. The molecule has 0 unspecified atom stereocenters. The van der Waals surface area contributed by atoms with Crippen LogP contribution in [-0.2, 0) is 6.42 Å². The third-order valence-electron chi connectivity index (χ3n) is 2.64. The molecule has 98 valence electrons. The van der Waals surface area contributed by atoms with Crippen molar-refractivity contribution in [3.63, 3.8) is 0 Å². The van der Waals surface area contributed by atoms with Gasteiger partial charge in [-0.05, 0) is 36.9 Å². The Bertz CT molecular complexity index is 529. The zero-order valence-electron chi connectivity index (χ0n) is 10.2. The van der Waals surface area contributed by atoms with Crippen LogP contribution in [0.25, 0.3) is 10.2 Å². The van der Waals surface area contributed by atoms with Crippen molar-refractivity contribution in [2.75, 3.05) is 18.5 Å². The fraction of sp³-hybridized carbons (Fsp3) is 0.500. The van der Waals surface area contributed by atoms with E-state index in [1.54, 1.807) is 11.3 Å². The third kappa shape index (κ3) is 3.10. The molecule has 0 fully saturated rings. The second-order valence-electron chi connectivity index (χ2n) is 3.98. The molecule has 0 atom stereocenters. The number of aryl methyl sites for hydroxylation is 1. The molecule has 0 aliphatic carbocycles. The Labute approximate surface area is 115 Å². The topological polar surface area (TPSA) is 58.0 Å². The Hall–Kier alpha value is -0.910. The molecule has 0 radical (unpaired) electrons. The Morgan fingerprint density at radius 1 is 1.39 bits per heavy atom. The highest BCUT2D eigenvalue weighted by molar-refractivity contribution is 7.18. The van der Waals surface area contributed by atoms with E-state index in [2.05, 4.69) is 28.3 Å². The number of nitrogens with one attached hydrogen (secondary N) is 1. The predicted octanol–water partition coefficient (Wildman–Crippen LogP) is 3.09. The van der Waals surface area contributed by atoms with E-state index in [0.717, 1.165) is 41.8 Å². The number of anilines is 1. The first-order chi connectivity index (χ1) is 8.74. The highest BCUT2D eigenvalue weighted by Gasteiger charge is 2.09. The zero-order chi connectivity index (χ0) is 13.0. The van der Waals surface area contributed by atoms with Crippen LogP contribution in [0.1, 0.15) is 24.6 Å². The number of aliphatic hydroxyl groups excluding tert-OH is 1. The van der Waals surface area contributed by atoms with Crippen LogP contribution in [0.3, 0.4) is 0 Å². The highest BCUT2D eigenvalue weighted by Crippen LogP contribution is 2.30. The van der Waals surface area contributed by atoms with Crippen molar-refractivity contribution in [2.24, 2.45) is 0 Å². The second kappa shape index (κ2) is 6.31. The van der Waals surface area contributed by atoms with Crippen LogP contribution in [-0.4, -0.2) is 28.2 Å². The van der Waals surface area contributed by atoms with Crippen LogP contribution < -0.4 is 5.32 Å². The summed E-state index contributed by atoms with van der Waals surface area (Å²) >= 11 is 7.57. The van der Waals surface area contributed by atoms with Gasteiger partial charge in [-0.25, -0.2) is 9.97 Å². The standard InChI is InChI=1S/C12H16ClN3OS/c1-2-8-7-9-10(14-5-3-4-6-17)15-12(13)16-11(9)18-8/h7,17H,2-6H2,1H3,(H,14,15,16). The van der Waals surface area contributed by atoms with E-state index in [4.69, 9.17) is 16.7 Å². The average Bonchev–Trinajstić information content (AvgIpc) is 2.77. The molecule has 0 amide bonds. The molecule has 2 aromatic heterocycles. The fourth-order valence-electron chi connectivity index (χ4n) is 1.70. The zero-order valence-corrected chi connectivity index (χ0v) is 11.8. The molecule has 2 aromatic rings. The van der Waals surface area contributed by atoms with Gasteiger partial charge in [0.2, 0.25) is 5.28 Å². The number of nitrogens with zero attached hydrogens (tertiary/aromatic N) is 2. The number of unbranched alkanes of at least 4 members (excludes halogenated alkanes) is 1. The van der Waals surface area contributed by atoms with Gasteiger partial charge in [0.1, 0.15) is 10.6 Å². The van der Waals surface area contributed by atoms with Gasteiger partial charge in [0.25, 0.3) is 0 Å². The third-order valence-corrected chi connectivity index (χ3v) is 3.98. The maximum atomic E-state index is 8.74. The summed E-state index contributed by atoms with van der Waals surface area (Å²) in [6, 6.07) is 2.12. The quantitative estimate of drug-likeness (QED) is 0.632. The summed E-state index contributed by atoms with van der Waals surface area (Å²) in [5.41, 5.74) is 0. The monoisotopic (exact) mass is 285 g/mol. The number of halogens is 1. The number of hydrogen-bond donors (Lipinski definition) is 2. The summed E-state index contributed by atoms with van der Waals surface area (Å²) in [5, 5.41) is 13.3. The van der Waals surface area contributed by atoms with Gasteiger partial charge in [0.15, 0.2) is 0 Å². The lowest BCUT2D eigenvalue weighted by Crippen LogP contribution is -2.05. The molecule has 2 N–H and O–H groups in total. The molecule has 0 bridgehead atoms. The van der Waals surface area contributed by atoms with Crippen LogP contribution >= 0.6 is 22.9 Å². The first-order valence-electron chi connectivity index (χ1n) is 6.05. The van der Waals surface area contributed by atoms with Crippen LogP contribution in [0, 0.1) is 0 Å². The normalized spacial score (nSPS) is 11.1. The Morgan fingerprint density at radius 2 is 2.22 bits per heavy atom. The van der Waals surface area contributed by atoms with Gasteiger partial charge in [-0.1, -0.05) is 6.92 Å². The summed E-state index contributed by atoms with van der Waals surface area (Å²) < 4.78 is 0. The summed E-state index contributed by atoms with van der Waals surface area (Å²) in [6.45, 7) is 3.12. The SMILES string of the molecule is CCc1cc2c(NCCCCO)nc(Cl)nc2s1. The molecule has 0 aliphatic rings. The molecule has 0 saturated heterocycles. The summed E-state index contributed by atoms with van der Waals surface area (Å²) in [4.78, 5) is 10.7. The number of hydrogen-bond acceptors (Lipinski definition) is 5. The van der Waals surface area contributed by atoms with Gasteiger partial charge in [-0.2, -0.15) is 0 Å². The van der Waals surface area contributed by atoms with E-state index >= 15 is 0 Å². The van der Waals surface area contributed by atoms with Crippen molar-refractivity contribution < 1.29 is 5.11 Å². The molecular formula is C12H16ClN3OS. The van der Waals surface area contributed by atoms with Gasteiger partial charge >= 0.3 is 0 Å². The van der Waals surface area contributed by atoms with Gasteiger partial charge in [0.05, 0.1) is 5.39 Å². The molecule has 0 saturated carbocycles. The van der Waals surface area contributed by atoms with E-state index in [9.17, 15) is 0 Å². The minimum Gasteiger partial charge on any atom is -0.396 e. The summed E-state index contributed by atoms with van der Waals surface area (Å²) in [5.74, 6) is 0.791. The predicted molar refractivity (Wildman–Crippen MR) is 76.6 cm³/mol. The first-order valence-corrected chi connectivity index (χ1v) is 7.24. The molecule has 18 heavy (non-hydrogen) atoms. The van der Waals surface area contributed by atoms with E-state index < -0.39 is 0 Å². The molecule has 0 aromatic carbocycles. The van der Waals surface area contributed by atoms with Crippen molar-refractivity contribution in [1.29, 1.82) is 0 Å². The van der Waals surface area contributed by atoms with Gasteiger partial charge in [-0.3, -0.25) is 0 Å². The van der Waals surface area contributed by atoms with Crippen molar-refractivity contribution >= 4 is 39.0 Å². The second-order valence-corrected chi connectivity index (χ2v) is 5.44. The number of fused-ring (bicyclic) bond motifs is 1. The summed E-state index contributed by atoms with van der Waals surface area (Å²) in [7, 11) is 0. The lowest BCUT2D eigenvalue weighted by Gasteiger charge is -2.06. The summed E-state index contributed by atoms with van der Waals surface area (Å²) in [6.07, 6.45) is 2.69. The Kier molecular flexibility index (Phi) is 4.74. The molecule has 2 heterocycles. The molecule has 0 spiro atoms. The van der Waals surface area contributed by atoms with E-state index in [0.29, 0.717) is 0 Å². The van der Waals surface area contributed by atoms with E-state index in [1.807, 2.05) is 0 Å². The number of thiophene rings is 1. The first kappa shape index (κ1) is 13.5. The van der Waals surface area contributed by atoms with Gasteiger partial charge in [0, 0.05) is 18.0 Å². The lowest BCUT2D eigenvalue weighted by molar-refractivity contribution is 0.286. The number of aliphatic hydroxyl groups is 1. The van der Waals surface area contributed by atoms with Crippen LogP contribution in [0.4, 0.5) is 5.82 Å². The molecular weight excluding hydrogens is 270 g/mol. The molecule has 4 nitrogen and oxygen atoms in total. The number of rotatable bonds is 6. The molecule has 6 heteroatoms. The van der Waals surface area contributed by atoms with Crippen molar-refractivity contribution in [2.45, 2.75) is 26.2 Å². The fourth-order valence-corrected chi connectivity index (χ4v) is 2.88. The maximum absolute atomic E-state index is 8.74. The average molecular weight is 286 g/mol. The number of aromatic nitrogens is 2. The lowest BCUT2D eigenvalue weighted by atomic mass is 10.3. The van der Waals surface area contributed by atoms with E-state index in [1.165, 1.54) is 4.88 Å². The van der Waals surface area contributed by atoms with Crippen LogP contribution in [0.15, 0.2) is 6.07 Å². The maximum Gasteiger partial charge on any atom is 0.225 e. The van der Waals surface area contributed by atoms with Gasteiger partial charge in [-0.15, -0.1) is 11.3 Å². The minimum absolute atomic E-state index is 0.222. The highest BCUT2D eigenvalue weighted by atomic mass is 35.5. The minimum atomic E-state index is 0.222. The molecule has 2 rings (SSSR count). The van der Waals surface area contributed by atoms with E-state index in [-0.39, 0.29) is 11.9 Å².